The van der Waals surface area contributed by atoms with Gasteiger partial charge in [-0.2, -0.15) is 17.0 Å². The van der Waals surface area contributed by atoms with Gasteiger partial charge in [-0.25, -0.2) is 0 Å². The molecule has 0 bridgehead atoms. The normalized spacial score (nSPS) is 16.0. The number of rotatable bonds is 4. The van der Waals surface area contributed by atoms with Crippen LogP contribution in [0.2, 0.25) is 0 Å². The first kappa shape index (κ1) is 16.0. The minimum absolute atomic E-state index is 0.313. The van der Waals surface area contributed by atoms with Gasteiger partial charge in [0.05, 0.1) is 6.54 Å². The Hall–Kier alpha value is -1.39. The maximum Gasteiger partial charge on any atom is 0.282 e. The van der Waals surface area contributed by atoms with Gasteiger partial charge in [0, 0.05) is 32.2 Å². The van der Waals surface area contributed by atoms with Crippen LogP contribution in [0.15, 0.2) is 24.3 Å². The van der Waals surface area contributed by atoms with E-state index >= 15 is 0 Å². The fraction of sp³-hybridized carbons (Fsp3) is 0.467. The van der Waals surface area contributed by atoms with Crippen molar-refractivity contribution in [1.82, 2.24) is 8.61 Å². The Morgan fingerprint density at radius 3 is 2.71 bits per heavy atom. The van der Waals surface area contributed by atoms with Crippen LogP contribution in [0.4, 0.5) is 0 Å². The minimum Gasteiger partial charge on any atom is -0.320 e. The van der Waals surface area contributed by atoms with Crippen LogP contribution in [0.3, 0.4) is 0 Å². The van der Waals surface area contributed by atoms with Crippen molar-refractivity contribution in [2.24, 2.45) is 5.73 Å². The van der Waals surface area contributed by atoms with Crippen LogP contribution in [0.25, 0.3) is 0 Å². The van der Waals surface area contributed by atoms with Gasteiger partial charge in [-0.1, -0.05) is 24.0 Å². The third-order valence-electron chi connectivity index (χ3n) is 3.45. The second-order valence-electron chi connectivity index (χ2n) is 5.08. The second-order valence-corrected chi connectivity index (χ2v) is 7.11. The van der Waals surface area contributed by atoms with Crippen molar-refractivity contribution in [1.29, 1.82) is 0 Å². The summed E-state index contributed by atoms with van der Waals surface area (Å²) in [5, 5.41) is 0. The molecule has 1 fully saturated rings. The van der Waals surface area contributed by atoms with Crippen LogP contribution < -0.4 is 5.73 Å². The van der Waals surface area contributed by atoms with E-state index in [0.717, 1.165) is 24.0 Å². The van der Waals surface area contributed by atoms with Crippen molar-refractivity contribution in [3.05, 3.63) is 35.4 Å². The average Bonchev–Trinajstić information content (AvgIpc) is 3.00. The first-order valence-electron chi connectivity index (χ1n) is 7.03. The molecule has 2 rings (SSSR count). The van der Waals surface area contributed by atoms with Gasteiger partial charge in [-0.05, 0) is 30.5 Å². The predicted molar refractivity (Wildman–Crippen MR) is 83.6 cm³/mol. The molecule has 1 aliphatic heterocycles. The molecular weight excluding hydrogens is 286 g/mol. The number of nitrogens with two attached hydrogens (primary N) is 1. The molecule has 0 amide bonds. The molecule has 1 saturated heterocycles. The molecule has 0 aliphatic carbocycles. The van der Waals surface area contributed by atoms with Gasteiger partial charge in [0.1, 0.15) is 0 Å². The van der Waals surface area contributed by atoms with E-state index in [9.17, 15) is 8.42 Å². The van der Waals surface area contributed by atoms with E-state index in [1.807, 2.05) is 24.3 Å². The first-order valence-corrected chi connectivity index (χ1v) is 8.43. The quantitative estimate of drug-likeness (QED) is 0.836. The van der Waals surface area contributed by atoms with Gasteiger partial charge in [-0.15, -0.1) is 0 Å². The van der Waals surface area contributed by atoms with E-state index in [2.05, 4.69) is 11.8 Å². The Morgan fingerprint density at radius 2 is 2.05 bits per heavy atom. The predicted octanol–water partition coefficient (Wildman–Crippen LogP) is 0.769. The highest BCUT2D eigenvalue weighted by atomic mass is 32.2. The summed E-state index contributed by atoms with van der Waals surface area (Å²) < 4.78 is 27.7. The highest BCUT2D eigenvalue weighted by Gasteiger charge is 2.29. The summed E-state index contributed by atoms with van der Waals surface area (Å²) in [4.78, 5) is 0. The molecule has 0 saturated carbocycles. The highest BCUT2D eigenvalue weighted by Crippen LogP contribution is 2.17. The van der Waals surface area contributed by atoms with Crippen LogP contribution in [-0.4, -0.2) is 43.7 Å². The lowest BCUT2D eigenvalue weighted by atomic mass is 10.1. The van der Waals surface area contributed by atoms with Crippen LogP contribution in [-0.2, 0) is 16.8 Å². The fourth-order valence-electron chi connectivity index (χ4n) is 2.36. The molecule has 0 unspecified atom stereocenters. The molecule has 1 aliphatic rings. The van der Waals surface area contributed by atoms with Crippen LogP contribution in [0.5, 0.6) is 0 Å². The van der Waals surface area contributed by atoms with Gasteiger partial charge >= 0.3 is 0 Å². The lowest BCUT2D eigenvalue weighted by Crippen LogP contribution is -2.39. The Kier molecular flexibility index (Phi) is 5.37. The number of nitrogens with zero attached hydrogens (tertiary/aromatic N) is 2. The maximum absolute atomic E-state index is 12.4. The molecule has 5 nitrogen and oxygen atoms in total. The summed E-state index contributed by atoms with van der Waals surface area (Å²) in [5.41, 5.74) is 7.13. The van der Waals surface area contributed by atoms with Crippen molar-refractivity contribution in [2.75, 3.05) is 26.7 Å². The summed E-state index contributed by atoms with van der Waals surface area (Å²) >= 11 is 0. The fourth-order valence-corrected chi connectivity index (χ4v) is 3.78. The zero-order chi connectivity index (χ0) is 15.3. The van der Waals surface area contributed by atoms with E-state index in [-0.39, 0.29) is 0 Å². The number of hydrogen-bond donors (Lipinski definition) is 1. The zero-order valence-electron chi connectivity index (χ0n) is 12.2. The van der Waals surface area contributed by atoms with E-state index in [1.54, 1.807) is 11.4 Å². The van der Waals surface area contributed by atoms with E-state index in [0.29, 0.717) is 26.2 Å². The number of hydrogen-bond acceptors (Lipinski definition) is 3. The van der Waals surface area contributed by atoms with Gasteiger partial charge in [-0.3, -0.25) is 0 Å². The van der Waals surface area contributed by atoms with Gasteiger partial charge in [0.15, 0.2) is 0 Å². The smallest absolute Gasteiger partial charge is 0.282 e. The molecule has 114 valence electrons. The summed E-state index contributed by atoms with van der Waals surface area (Å²) in [6, 6.07) is 7.58. The molecule has 21 heavy (non-hydrogen) atoms. The molecule has 1 aromatic rings. The van der Waals surface area contributed by atoms with Crippen molar-refractivity contribution >= 4 is 10.2 Å². The number of benzene rings is 1. The molecule has 2 N–H and O–H groups in total. The van der Waals surface area contributed by atoms with Crippen molar-refractivity contribution < 1.29 is 8.42 Å². The lowest BCUT2D eigenvalue weighted by molar-refractivity contribution is 0.392. The SMILES string of the molecule is CN(Cc1cccc(C#CCN)c1)S(=O)(=O)N1CCCC1. The maximum atomic E-state index is 12.4. The van der Waals surface area contributed by atoms with E-state index in [1.165, 1.54) is 4.31 Å². The van der Waals surface area contributed by atoms with Gasteiger partial charge < -0.3 is 5.73 Å². The molecule has 0 atom stereocenters. The summed E-state index contributed by atoms with van der Waals surface area (Å²) in [5.74, 6) is 5.76. The van der Waals surface area contributed by atoms with E-state index < -0.39 is 10.2 Å². The molecular formula is C15H21N3O2S. The second kappa shape index (κ2) is 7.05. The van der Waals surface area contributed by atoms with Crippen LogP contribution >= 0.6 is 0 Å². The Morgan fingerprint density at radius 1 is 1.33 bits per heavy atom. The topological polar surface area (TPSA) is 66.6 Å². The molecule has 6 heteroatoms. The molecule has 0 radical (unpaired) electrons. The molecule has 1 heterocycles. The van der Waals surface area contributed by atoms with Crippen LogP contribution in [0.1, 0.15) is 24.0 Å². The zero-order valence-corrected chi connectivity index (χ0v) is 13.1. The van der Waals surface area contributed by atoms with Crippen LogP contribution in [0, 0.1) is 11.8 Å². The third-order valence-corrected chi connectivity index (χ3v) is 5.39. The average molecular weight is 307 g/mol. The van der Waals surface area contributed by atoms with Gasteiger partial charge in [0.25, 0.3) is 10.2 Å². The standard InChI is InChI=1S/C15H21N3O2S/c1-17(21(19,20)18-10-2-3-11-18)13-15-7-4-6-14(12-15)8-5-9-16/h4,6-7,12H,2-3,9-11,13,16H2,1H3. The molecule has 0 spiro atoms. The van der Waals surface area contributed by atoms with Gasteiger partial charge in [0.2, 0.25) is 0 Å². The van der Waals surface area contributed by atoms with Crippen molar-refractivity contribution in [3.63, 3.8) is 0 Å². The largest absolute Gasteiger partial charge is 0.320 e. The summed E-state index contributed by atoms with van der Waals surface area (Å²) in [6.07, 6.45) is 1.88. The van der Waals surface area contributed by atoms with Crippen molar-refractivity contribution in [2.45, 2.75) is 19.4 Å². The van der Waals surface area contributed by atoms with E-state index in [4.69, 9.17) is 5.73 Å². The monoisotopic (exact) mass is 307 g/mol. The minimum atomic E-state index is -3.36. The third kappa shape index (κ3) is 4.05. The molecule has 1 aromatic carbocycles. The lowest BCUT2D eigenvalue weighted by Gasteiger charge is -2.23. The molecule has 0 aromatic heterocycles. The Balaban J connectivity index is 2.10. The summed E-state index contributed by atoms with van der Waals surface area (Å²) in [7, 11) is -1.74. The Bertz CT molecular complexity index is 640. The summed E-state index contributed by atoms with van der Waals surface area (Å²) in [6.45, 7) is 1.90. The highest BCUT2D eigenvalue weighted by molar-refractivity contribution is 7.86. The first-order chi connectivity index (χ1) is 10.0. The van der Waals surface area contributed by atoms with Crippen molar-refractivity contribution in [3.8, 4) is 11.8 Å². The Labute approximate surface area is 126 Å².